The third kappa shape index (κ3) is 5.15. The molecule has 0 saturated carbocycles. The van der Waals surface area contributed by atoms with Crippen LogP contribution >= 0.6 is 0 Å². The van der Waals surface area contributed by atoms with E-state index in [1.54, 1.807) is 18.2 Å². The number of hydrogen-bond donors (Lipinski definition) is 6. The molecule has 0 aromatic heterocycles. The maximum absolute atomic E-state index is 10.5. The highest BCUT2D eigenvalue weighted by molar-refractivity contribution is 5.64. The van der Waals surface area contributed by atoms with Crippen LogP contribution in [-0.2, 0) is 11.2 Å². The van der Waals surface area contributed by atoms with Gasteiger partial charge in [-0.25, -0.2) is 0 Å². The van der Waals surface area contributed by atoms with E-state index in [-0.39, 0.29) is 60.2 Å². The fraction of sp³-hybridized carbons (Fsp3) is 0.556. The second-order valence-corrected chi connectivity index (χ2v) is 9.63. The molecule has 1 aliphatic carbocycles. The minimum Gasteiger partial charge on any atom is -0.502 e. The van der Waals surface area contributed by atoms with E-state index < -0.39 is 36.4 Å². The summed E-state index contributed by atoms with van der Waals surface area (Å²) < 4.78 is 33.7. The molecule has 39 heavy (non-hydrogen) atoms. The molecule has 1 heterocycles. The number of rotatable bonds is 9. The maximum atomic E-state index is 10.5. The number of aliphatic hydroxyl groups is 5. The van der Waals surface area contributed by atoms with Crippen molar-refractivity contribution in [1.82, 2.24) is 0 Å². The summed E-state index contributed by atoms with van der Waals surface area (Å²) in [7, 11) is 5.68. The molecule has 0 radical (unpaired) electrons. The molecule has 2 aromatic rings. The molecule has 12 heteroatoms. The molecule has 0 spiro atoms. The molecular formula is C27H36O12. The lowest BCUT2D eigenvalue weighted by atomic mass is 9.66. The van der Waals surface area contributed by atoms with Gasteiger partial charge in [-0.15, -0.1) is 0 Å². The van der Waals surface area contributed by atoms with E-state index in [4.69, 9.17) is 28.4 Å². The van der Waals surface area contributed by atoms with E-state index in [1.807, 2.05) is 0 Å². The monoisotopic (exact) mass is 552 g/mol. The number of ether oxygens (including phenoxy) is 6. The van der Waals surface area contributed by atoms with Gasteiger partial charge in [-0.1, -0.05) is 0 Å². The van der Waals surface area contributed by atoms with Crippen LogP contribution < -0.4 is 23.7 Å². The Balaban J connectivity index is 1.93. The normalized spacial score (nSPS) is 28.4. The zero-order valence-corrected chi connectivity index (χ0v) is 22.2. The quantitative estimate of drug-likeness (QED) is 0.249. The van der Waals surface area contributed by atoms with Crippen molar-refractivity contribution in [3.8, 4) is 34.5 Å². The zero-order chi connectivity index (χ0) is 28.4. The summed E-state index contributed by atoms with van der Waals surface area (Å²) in [5, 5.41) is 61.8. The topological polar surface area (TPSA) is 177 Å². The molecule has 6 N–H and O–H groups in total. The molecule has 12 nitrogen and oxygen atoms in total. The Labute approximate surface area is 225 Å². The predicted molar refractivity (Wildman–Crippen MR) is 136 cm³/mol. The van der Waals surface area contributed by atoms with Crippen molar-refractivity contribution in [3.63, 3.8) is 0 Å². The smallest absolute Gasteiger partial charge is 0.229 e. The van der Waals surface area contributed by atoms with Gasteiger partial charge in [0.25, 0.3) is 0 Å². The van der Waals surface area contributed by atoms with E-state index in [1.165, 1.54) is 28.4 Å². The number of hydrogen-bond acceptors (Lipinski definition) is 12. The highest BCUT2D eigenvalue weighted by Gasteiger charge is 2.44. The molecule has 1 fully saturated rings. The highest BCUT2D eigenvalue weighted by Crippen LogP contribution is 2.55. The van der Waals surface area contributed by atoms with Gasteiger partial charge in [0.05, 0.1) is 35.0 Å². The summed E-state index contributed by atoms with van der Waals surface area (Å²) in [6.45, 7) is -0.738. The number of aliphatic hydroxyl groups excluding tert-OH is 5. The van der Waals surface area contributed by atoms with Crippen LogP contribution in [0, 0.1) is 11.8 Å². The Hall–Kier alpha value is -3.00. The summed E-state index contributed by atoms with van der Waals surface area (Å²) in [6, 6.07) is 4.99. The molecule has 1 saturated heterocycles. The summed E-state index contributed by atoms with van der Waals surface area (Å²) >= 11 is 0. The van der Waals surface area contributed by atoms with Crippen LogP contribution in [-0.4, -0.2) is 104 Å². The second-order valence-electron chi connectivity index (χ2n) is 9.63. The van der Waals surface area contributed by atoms with Crippen LogP contribution in [0.4, 0.5) is 0 Å². The van der Waals surface area contributed by atoms with Crippen molar-refractivity contribution in [2.75, 3.05) is 48.3 Å². The summed E-state index contributed by atoms with van der Waals surface area (Å²) in [5.41, 5.74) is 2.00. The first kappa shape index (κ1) is 29.0. The SMILES string of the molecule is COc1cc([C@@H]2c3c(cc(OC)c(O[C@H]4OC[C@@H](O)C(O)[C@@H]4O)c3OC)C[C@H](CO)[C@H]2CO)cc(OC)c1O. The molecule has 2 aliphatic rings. The lowest BCUT2D eigenvalue weighted by molar-refractivity contribution is -0.242. The average Bonchev–Trinajstić information content (AvgIpc) is 2.95. The molecule has 2 aromatic carbocycles. The highest BCUT2D eigenvalue weighted by atomic mass is 16.7. The number of fused-ring (bicyclic) bond motifs is 1. The van der Waals surface area contributed by atoms with E-state index in [0.29, 0.717) is 17.5 Å². The Morgan fingerprint density at radius 1 is 0.821 bits per heavy atom. The summed E-state index contributed by atoms with van der Waals surface area (Å²) in [6.07, 6.45) is -5.30. The summed E-state index contributed by atoms with van der Waals surface area (Å²) in [4.78, 5) is 0. The molecule has 0 bridgehead atoms. The number of phenols is 1. The van der Waals surface area contributed by atoms with Crippen molar-refractivity contribution in [2.45, 2.75) is 36.9 Å². The molecule has 1 aliphatic heterocycles. The van der Waals surface area contributed by atoms with Gasteiger partial charge in [0.2, 0.25) is 17.8 Å². The Morgan fingerprint density at radius 3 is 2.00 bits per heavy atom. The lowest BCUT2D eigenvalue weighted by Crippen LogP contribution is -2.54. The first-order valence-corrected chi connectivity index (χ1v) is 12.5. The van der Waals surface area contributed by atoms with Crippen LogP contribution in [0.2, 0.25) is 0 Å². The number of benzene rings is 2. The van der Waals surface area contributed by atoms with Crippen LogP contribution in [0.1, 0.15) is 22.6 Å². The second kappa shape index (κ2) is 12.0. The van der Waals surface area contributed by atoms with Gasteiger partial charge in [-0.3, -0.25) is 0 Å². The van der Waals surface area contributed by atoms with Crippen LogP contribution in [0.25, 0.3) is 0 Å². The first-order valence-electron chi connectivity index (χ1n) is 12.5. The number of phenolic OH excluding ortho intramolecular Hbond substituents is 1. The number of aromatic hydroxyl groups is 1. The average molecular weight is 553 g/mol. The predicted octanol–water partition coefficient (Wildman–Crippen LogP) is 0.149. The number of methoxy groups -OCH3 is 4. The van der Waals surface area contributed by atoms with E-state index in [0.717, 1.165) is 5.56 Å². The first-order chi connectivity index (χ1) is 18.7. The Kier molecular flexibility index (Phi) is 8.94. The van der Waals surface area contributed by atoms with Crippen molar-refractivity contribution in [2.24, 2.45) is 11.8 Å². The van der Waals surface area contributed by atoms with Gasteiger partial charge >= 0.3 is 0 Å². The minimum atomic E-state index is -1.57. The van der Waals surface area contributed by atoms with Gasteiger partial charge in [-0.05, 0) is 47.6 Å². The molecule has 1 unspecified atom stereocenters. The van der Waals surface area contributed by atoms with Gasteiger partial charge in [0.15, 0.2) is 23.0 Å². The van der Waals surface area contributed by atoms with Crippen molar-refractivity contribution < 1.29 is 59.1 Å². The van der Waals surface area contributed by atoms with Gasteiger partial charge in [0.1, 0.15) is 18.3 Å². The molecule has 216 valence electrons. The molecule has 7 atom stereocenters. The van der Waals surface area contributed by atoms with Crippen molar-refractivity contribution >= 4 is 0 Å². The van der Waals surface area contributed by atoms with Crippen molar-refractivity contribution in [3.05, 3.63) is 34.9 Å². The standard InChI is InChI=1S/C27H36O12/c1-34-17-6-13(7-18(35-2)23(17)32)20-15(10-29)14(9-28)5-12-8-19(36-3)25(26(37-4)21(12)20)39-27-24(33)22(31)16(30)11-38-27/h6-8,14-16,20,22,24,27-33H,5,9-11H2,1-4H3/t14-,15-,16-,20+,22?,24+,27-/m1/s1. The van der Waals surface area contributed by atoms with E-state index in [9.17, 15) is 30.6 Å². The van der Waals surface area contributed by atoms with Gasteiger partial charge in [-0.2, -0.15) is 0 Å². The van der Waals surface area contributed by atoms with Crippen LogP contribution in [0.5, 0.6) is 34.5 Å². The lowest BCUT2D eigenvalue weighted by Gasteiger charge is -2.40. The van der Waals surface area contributed by atoms with E-state index >= 15 is 0 Å². The maximum Gasteiger partial charge on any atom is 0.229 e. The zero-order valence-electron chi connectivity index (χ0n) is 22.2. The third-order valence-electron chi connectivity index (χ3n) is 7.57. The molecule has 0 amide bonds. The van der Waals surface area contributed by atoms with E-state index in [2.05, 4.69) is 0 Å². The Morgan fingerprint density at radius 2 is 1.46 bits per heavy atom. The summed E-state index contributed by atoms with van der Waals surface area (Å²) in [5.74, 6) is -0.723. The fourth-order valence-electron chi connectivity index (χ4n) is 5.54. The minimum absolute atomic E-state index is 0.0771. The molecule has 4 rings (SSSR count). The largest absolute Gasteiger partial charge is 0.502 e. The van der Waals surface area contributed by atoms with Gasteiger partial charge in [0, 0.05) is 24.7 Å². The van der Waals surface area contributed by atoms with Crippen LogP contribution in [0.3, 0.4) is 0 Å². The Bertz CT molecular complexity index is 1130. The third-order valence-corrected chi connectivity index (χ3v) is 7.57. The van der Waals surface area contributed by atoms with Crippen LogP contribution in [0.15, 0.2) is 18.2 Å². The van der Waals surface area contributed by atoms with Crippen molar-refractivity contribution in [1.29, 1.82) is 0 Å². The fourth-order valence-corrected chi connectivity index (χ4v) is 5.54. The molecular weight excluding hydrogens is 516 g/mol. The van der Waals surface area contributed by atoms with Gasteiger partial charge < -0.3 is 59.1 Å².